The summed E-state index contributed by atoms with van der Waals surface area (Å²) in [6.45, 7) is 2.65. The van der Waals surface area contributed by atoms with Crippen LogP contribution in [0.1, 0.15) is 41.8 Å². The minimum atomic E-state index is -3.94. The van der Waals surface area contributed by atoms with E-state index in [1.54, 1.807) is 35.7 Å². The average molecular weight is 520 g/mol. The first kappa shape index (κ1) is 24.6. The van der Waals surface area contributed by atoms with Gasteiger partial charge in [-0.15, -0.1) is 11.3 Å². The minimum Gasteiger partial charge on any atom is -0.330 e. The number of fused-ring (bicyclic) bond motifs is 2. The Morgan fingerprint density at radius 2 is 1.89 bits per heavy atom. The molecule has 0 N–H and O–H groups in total. The molecule has 0 fully saturated rings. The number of sulfonamides is 1. The molecule has 2 aromatic carbocycles. The van der Waals surface area contributed by atoms with Gasteiger partial charge in [-0.05, 0) is 47.5 Å². The van der Waals surface area contributed by atoms with Gasteiger partial charge >= 0.3 is 0 Å². The van der Waals surface area contributed by atoms with Gasteiger partial charge in [-0.3, -0.25) is 9.78 Å². The van der Waals surface area contributed by atoms with Crippen LogP contribution >= 0.6 is 11.3 Å². The van der Waals surface area contributed by atoms with Crippen LogP contribution in [0.4, 0.5) is 0 Å². The first-order chi connectivity index (χ1) is 17.5. The highest BCUT2D eigenvalue weighted by Crippen LogP contribution is 2.38. The van der Waals surface area contributed by atoms with Gasteiger partial charge in [0.1, 0.15) is 4.90 Å². The lowest BCUT2D eigenvalue weighted by molar-refractivity contribution is -0.133. The van der Waals surface area contributed by atoms with Crippen molar-refractivity contribution in [3.8, 4) is 0 Å². The zero-order chi connectivity index (χ0) is 25.1. The number of para-hydroxylation sites is 1. The summed E-state index contributed by atoms with van der Waals surface area (Å²) in [5, 5.41) is 2.82. The molecular formula is C28H29N3O3S2. The number of rotatable bonds is 8. The van der Waals surface area contributed by atoms with E-state index in [0.29, 0.717) is 18.5 Å². The van der Waals surface area contributed by atoms with Gasteiger partial charge in [-0.25, -0.2) is 8.42 Å². The molecule has 0 saturated heterocycles. The fraction of sp³-hybridized carbons (Fsp3) is 0.286. The number of benzene rings is 2. The largest absolute Gasteiger partial charge is 0.330 e. The molecule has 6 nitrogen and oxygen atoms in total. The van der Waals surface area contributed by atoms with Crippen molar-refractivity contribution >= 4 is 38.2 Å². The molecule has 0 bridgehead atoms. The van der Waals surface area contributed by atoms with Crippen molar-refractivity contribution in [2.24, 2.45) is 0 Å². The van der Waals surface area contributed by atoms with Crippen molar-refractivity contribution in [3.05, 3.63) is 94.3 Å². The molecule has 4 aromatic rings. The zero-order valence-electron chi connectivity index (χ0n) is 20.2. The molecule has 1 atom stereocenters. The van der Waals surface area contributed by atoms with Crippen LogP contribution in [-0.4, -0.2) is 48.1 Å². The van der Waals surface area contributed by atoms with Gasteiger partial charge in [0.05, 0.1) is 18.1 Å². The van der Waals surface area contributed by atoms with Crippen molar-refractivity contribution in [3.63, 3.8) is 0 Å². The average Bonchev–Trinajstić information content (AvgIpc) is 3.39. The highest BCUT2D eigenvalue weighted by Gasteiger charge is 2.36. The summed E-state index contributed by atoms with van der Waals surface area (Å²) in [4.78, 5) is 21.5. The maximum absolute atomic E-state index is 13.9. The Hall–Kier alpha value is -3.07. The summed E-state index contributed by atoms with van der Waals surface area (Å²) in [5.41, 5.74) is 2.59. The van der Waals surface area contributed by atoms with Crippen molar-refractivity contribution in [2.45, 2.75) is 37.1 Å². The molecule has 0 aliphatic carbocycles. The number of hydrogen-bond acceptors (Lipinski definition) is 5. The van der Waals surface area contributed by atoms with Crippen molar-refractivity contribution in [1.82, 2.24) is 14.2 Å². The summed E-state index contributed by atoms with van der Waals surface area (Å²) < 4.78 is 29.1. The van der Waals surface area contributed by atoms with Crippen LogP contribution in [0.25, 0.3) is 10.9 Å². The van der Waals surface area contributed by atoms with Gasteiger partial charge in [0.25, 0.3) is 0 Å². The Bertz CT molecular complexity index is 1460. The van der Waals surface area contributed by atoms with E-state index in [1.807, 2.05) is 54.3 Å². The molecule has 0 radical (unpaired) electrons. The number of nitrogens with zero attached hydrogens (tertiary/aromatic N) is 3. The predicted octanol–water partition coefficient (Wildman–Crippen LogP) is 5.26. The van der Waals surface area contributed by atoms with Crippen molar-refractivity contribution < 1.29 is 13.2 Å². The monoisotopic (exact) mass is 519 g/mol. The summed E-state index contributed by atoms with van der Waals surface area (Å²) in [6.07, 6.45) is 3.86. The van der Waals surface area contributed by atoms with Crippen LogP contribution in [-0.2, 0) is 21.2 Å². The first-order valence-electron chi connectivity index (χ1n) is 12.2. The normalized spacial score (nSPS) is 15.8. The molecule has 186 valence electrons. The number of thiophene rings is 1. The Labute approximate surface area is 216 Å². The van der Waals surface area contributed by atoms with Crippen LogP contribution < -0.4 is 0 Å². The summed E-state index contributed by atoms with van der Waals surface area (Å²) in [6, 6.07) is 20.6. The van der Waals surface area contributed by atoms with Crippen molar-refractivity contribution in [1.29, 1.82) is 0 Å². The molecule has 1 aliphatic heterocycles. The third-order valence-electron chi connectivity index (χ3n) is 6.69. The summed E-state index contributed by atoms with van der Waals surface area (Å²) >= 11 is 1.71. The highest BCUT2D eigenvalue weighted by molar-refractivity contribution is 7.89. The lowest BCUT2D eigenvalue weighted by Gasteiger charge is -2.37. The SMILES string of the molecule is CCCCN(CC(=O)N1CCc2sccc2C1c1ccccc1)S(=O)(=O)c1cccc2cccnc12. The van der Waals surface area contributed by atoms with Gasteiger partial charge in [0.15, 0.2) is 0 Å². The molecule has 8 heteroatoms. The smallest absolute Gasteiger partial charge is 0.245 e. The van der Waals surface area contributed by atoms with Crippen LogP contribution in [0.15, 0.2) is 83.2 Å². The quantitative estimate of drug-likeness (QED) is 0.318. The van der Waals surface area contributed by atoms with Gasteiger partial charge < -0.3 is 4.90 Å². The van der Waals surface area contributed by atoms with E-state index in [-0.39, 0.29) is 29.9 Å². The molecule has 0 saturated carbocycles. The van der Waals surface area contributed by atoms with Crippen LogP contribution in [0, 0.1) is 0 Å². The van der Waals surface area contributed by atoms with E-state index in [2.05, 4.69) is 16.4 Å². The minimum absolute atomic E-state index is 0.142. The molecule has 0 spiro atoms. The first-order valence-corrected chi connectivity index (χ1v) is 14.6. The zero-order valence-corrected chi connectivity index (χ0v) is 21.8. The van der Waals surface area contributed by atoms with Crippen molar-refractivity contribution in [2.75, 3.05) is 19.6 Å². The molecule has 5 rings (SSSR count). The van der Waals surface area contributed by atoms with Crippen LogP contribution in [0.3, 0.4) is 0 Å². The van der Waals surface area contributed by atoms with E-state index < -0.39 is 10.0 Å². The van der Waals surface area contributed by atoms with Gasteiger partial charge in [-0.1, -0.05) is 61.9 Å². The third kappa shape index (κ3) is 4.68. The number of carbonyl (C=O) groups excluding carboxylic acids is 1. The molecule has 3 heterocycles. The molecule has 1 amide bonds. The molecule has 1 unspecified atom stereocenters. The maximum Gasteiger partial charge on any atom is 0.245 e. The van der Waals surface area contributed by atoms with Gasteiger partial charge in [0, 0.05) is 29.5 Å². The van der Waals surface area contributed by atoms with E-state index in [0.717, 1.165) is 29.4 Å². The van der Waals surface area contributed by atoms with Crippen LogP contribution in [0.5, 0.6) is 0 Å². The Morgan fingerprint density at radius 1 is 1.08 bits per heavy atom. The Kier molecular flexibility index (Phi) is 7.18. The van der Waals surface area contributed by atoms with E-state index >= 15 is 0 Å². The lowest BCUT2D eigenvalue weighted by Crippen LogP contribution is -2.47. The maximum atomic E-state index is 13.9. The standard InChI is InChI=1S/C28H29N3O3S2/c1-2-3-17-30(36(33,34)25-13-7-11-21-12-8-16-29-27(21)25)20-26(32)31-18-14-24-23(15-19-35-24)28(31)22-9-5-4-6-10-22/h4-13,15-16,19,28H,2-3,14,17-18,20H2,1H3. The molecule has 2 aromatic heterocycles. The fourth-order valence-electron chi connectivity index (χ4n) is 4.86. The van der Waals surface area contributed by atoms with Crippen LogP contribution in [0.2, 0.25) is 0 Å². The molecular weight excluding hydrogens is 490 g/mol. The summed E-state index contributed by atoms with van der Waals surface area (Å²) in [5.74, 6) is -0.187. The number of unbranched alkanes of at least 4 members (excludes halogenated alkanes) is 1. The second-order valence-corrected chi connectivity index (χ2v) is 11.9. The molecule has 36 heavy (non-hydrogen) atoms. The number of pyridine rings is 1. The Morgan fingerprint density at radius 3 is 2.69 bits per heavy atom. The highest BCUT2D eigenvalue weighted by atomic mass is 32.2. The van der Waals surface area contributed by atoms with E-state index in [9.17, 15) is 13.2 Å². The van der Waals surface area contributed by atoms with E-state index in [1.165, 1.54) is 9.18 Å². The topological polar surface area (TPSA) is 70.6 Å². The second kappa shape index (κ2) is 10.5. The summed E-state index contributed by atoms with van der Waals surface area (Å²) in [7, 11) is -3.94. The van der Waals surface area contributed by atoms with E-state index in [4.69, 9.17) is 0 Å². The number of aromatic nitrogens is 1. The Balaban J connectivity index is 1.49. The second-order valence-electron chi connectivity index (χ2n) is 8.97. The predicted molar refractivity (Wildman–Crippen MR) is 143 cm³/mol. The number of amides is 1. The number of hydrogen-bond donors (Lipinski definition) is 0. The fourth-order valence-corrected chi connectivity index (χ4v) is 7.36. The van der Waals surface area contributed by atoms with Gasteiger partial charge in [0.2, 0.25) is 15.9 Å². The molecule has 1 aliphatic rings. The third-order valence-corrected chi connectivity index (χ3v) is 9.56. The van der Waals surface area contributed by atoms with Gasteiger partial charge in [-0.2, -0.15) is 4.31 Å². The number of carbonyl (C=O) groups is 1. The lowest BCUT2D eigenvalue weighted by atomic mass is 9.93.